The van der Waals surface area contributed by atoms with Crippen LogP contribution in [-0.4, -0.2) is 24.9 Å². The van der Waals surface area contributed by atoms with Gasteiger partial charge in [0.25, 0.3) is 0 Å². The molecule has 0 spiro atoms. The van der Waals surface area contributed by atoms with E-state index < -0.39 is 0 Å². The van der Waals surface area contributed by atoms with Crippen LogP contribution in [0.1, 0.15) is 0 Å². The number of hydrogen-bond donors (Lipinski definition) is 0. The van der Waals surface area contributed by atoms with Crippen LogP contribution < -0.4 is 0 Å². The number of furan rings is 1. The summed E-state index contributed by atoms with van der Waals surface area (Å²) in [4.78, 5) is 26.1. The van der Waals surface area contributed by atoms with Gasteiger partial charge in [-0.2, -0.15) is 0 Å². The van der Waals surface area contributed by atoms with Crippen molar-refractivity contribution in [3.05, 3.63) is 164 Å². The van der Waals surface area contributed by atoms with E-state index in [0.717, 1.165) is 91.2 Å². The van der Waals surface area contributed by atoms with Gasteiger partial charge in [0.05, 0.1) is 15.9 Å². The van der Waals surface area contributed by atoms with E-state index >= 15 is 0 Å². The SMILES string of the molecule is c1ccc(-c2nc(-c3cccc4oc5ccccc5c34)nc(-c3cccc4sc5c(-c6nc(-c7ccccc7)nc7c6sc6ccccc67)cccc5c34)n2)cc1. The van der Waals surface area contributed by atoms with E-state index in [1.807, 2.05) is 78.9 Å². The number of fused-ring (bicyclic) bond motifs is 9. The van der Waals surface area contributed by atoms with E-state index in [0.29, 0.717) is 23.3 Å². The first-order valence-corrected chi connectivity index (χ1v) is 20.3. The highest BCUT2D eigenvalue weighted by molar-refractivity contribution is 7.27. The van der Waals surface area contributed by atoms with E-state index in [-0.39, 0.29) is 0 Å². The summed E-state index contributed by atoms with van der Waals surface area (Å²) in [5, 5.41) is 5.39. The minimum Gasteiger partial charge on any atom is -0.456 e. The molecule has 0 radical (unpaired) electrons. The number of benzene rings is 7. The molecule has 5 aromatic heterocycles. The Kier molecular flexibility index (Phi) is 7.17. The van der Waals surface area contributed by atoms with Crippen LogP contribution in [0.4, 0.5) is 0 Å². The third kappa shape index (κ3) is 5.12. The third-order valence-electron chi connectivity index (χ3n) is 10.6. The summed E-state index contributed by atoms with van der Waals surface area (Å²) < 4.78 is 10.9. The van der Waals surface area contributed by atoms with Crippen molar-refractivity contribution in [2.45, 2.75) is 0 Å². The highest BCUT2D eigenvalue weighted by Gasteiger charge is 2.23. The van der Waals surface area contributed by atoms with Gasteiger partial charge < -0.3 is 4.42 Å². The molecule has 266 valence electrons. The Morgan fingerprint density at radius 1 is 0.351 bits per heavy atom. The molecule has 0 saturated heterocycles. The lowest BCUT2D eigenvalue weighted by Gasteiger charge is -2.10. The first-order chi connectivity index (χ1) is 28.2. The van der Waals surface area contributed by atoms with Crippen molar-refractivity contribution >= 4 is 85.1 Å². The maximum Gasteiger partial charge on any atom is 0.164 e. The standard InChI is InChI=1S/C49H27N5OS2/c1-3-14-28(15-4-1)46-50-42-31-19-8-10-26-38(31)56-45(42)43(51-46)35-23-11-20-32-41-34(22-13-27-39(41)57-44(32)35)49-53-47(29-16-5-2-6-17-29)52-48(54-49)33-21-12-25-37-40(33)30-18-7-9-24-36(30)55-37/h1-27H. The van der Waals surface area contributed by atoms with Gasteiger partial charge in [-0.15, -0.1) is 22.7 Å². The van der Waals surface area contributed by atoms with Gasteiger partial charge >= 0.3 is 0 Å². The Morgan fingerprint density at radius 3 is 1.68 bits per heavy atom. The number of aromatic nitrogens is 5. The molecule has 0 aliphatic carbocycles. The topological polar surface area (TPSA) is 77.6 Å². The molecule has 5 heterocycles. The zero-order chi connectivity index (χ0) is 37.5. The van der Waals surface area contributed by atoms with Crippen LogP contribution in [0.25, 0.3) is 119 Å². The molecule has 0 unspecified atom stereocenters. The lowest BCUT2D eigenvalue weighted by Crippen LogP contribution is -2.00. The average molecular weight is 766 g/mol. The molecule has 57 heavy (non-hydrogen) atoms. The van der Waals surface area contributed by atoms with Crippen molar-refractivity contribution in [1.82, 2.24) is 24.9 Å². The molecule has 12 rings (SSSR count). The second-order valence-electron chi connectivity index (χ2n) is 14.0. The predicted molar refractivity (Wildman–Crippen MR) is 236 cm³/mol. The van der Waals surface area contributed by atoms with Crippen LogP contribution >= 0.6 is 22.7 Å². The van der Waals surface area contributed by atoms with Gasteiger partial charge in [-0.25, -0.2) is 24.9 Å². The Bertz CT molecular complexity index is 3540. The summed E-state index contributed by atoms with van der Waals surface area (Å²) in [5.41, 5.74) is 8.36. The van der Waals surface area contributed by atoms with Crippen molar-refractivity contribution in [2.75, 3.05) is 0 Å². The van der Waals surface area contributed by atoms with Crippen molar-refractivity contribution < 1.29 is 4.42 Å². The molecule has 6 nitrogen and oxygen atoms in total. The highest BCUT2D eigenvalue weighted by Crippen LogP contribution is 2.47. The van der Waals surface area contributed by atoms with Crippen LogP contribution in [0.2, 0.25) is 0 Å². The molecule has 0 atom stereocenters. The lowest BCUT2D eigenvalue weighted by molar-refractivity contribution is 0.669. The fourth-order valence-electron chi connectivity index (χ4n) is 8.00. The fourth-order valence-corrected chi connectivity index (χ4v) is 10.4. The molecule has 0 N–H and O–H groups in total. The Hall–Kier alpha value is -7.13. The molecule has 7 aromatic carbocycles. The van der Waals surface area contributed by atoms with E-state index in [1.54, 1.807) is 22.7 Å². The van der Waals surface area contributed by atoms with Gasteiger partial charge in [-0.1, -0.05) is 140 Å². The second-order valence-corrected chi connectivity index (χ2v) is 16.1. The summed E-state index contributed by atoms with van der Waals surface area (Å²) in [7, 11) is 0. The zero-order valence-corrected chi connectivity index (χ0v) is 31.7. The van der Waals surface area contributed by atoms with Crippen LogP contribution in [0, 0.1) is 0 Å². The van der Waals surface area contributed by atoms with Crippen LogP contribution in [0.5, 0.6) is 0 Å². The molecule has 8 heteroatoms. The summed E-state index contributed by atoms with van der Waals surface area (Å²) in [6.45, 7) is 0. The van der Waals surface area contributed by atoms with Crippen LogP contribution in [0.3, 0.4) is 0 Å². The number of hydrogen-bond acceptors (Lipinski definition) is 8. The molecular formula is C49H27N5OS2. The Balaban J connectivity index is 1.11. The third-order valence-corrected chi connectivity index (χ3v) is 13.0. The van der Waals surface area contributed by atoms with Crippen molar-refractivity contribution in [3.8, 4) is 56.8 Å². The maximum absolute atomic E-state index is 6.29. The van der Waals surface area contributed by atoms with Crippen LogP contribution in [-0.2, 0) is 0 Å². The number of thiophene rings is 2. The van der Waals surface area contributed by atoms with Gasteiger partial charge in [0.15, 0.2) is 23.3 Å². The van der Waals surface area contributed by atoms with E-state index in [2.05, 4.69) is 84.9 Å². The molecule has 0 amide bonds. The predicted octanol–water partition coefficient (Wildman–Crippen LogP) is 13.6. The first kappa shape index (κ1) is 32.1. The van der Waals surface area contributed by atoms with Gasteiger partial charge in [0.1, 0.15) is 11.2 Å². The number of para-hydroxylation sites is 1. The molecule has 0 fully saturated rings. The van der Waals surface area contributed by atoms with E-state index in [9.17, 15) is 0 Å². The highest BCUT2D eigenvalue weighted by atomic mass is 32.1. The summed E-state index contributed by atoms with van der Waals surface area (Å²) in [6, 6.07) is 56.1. The number of rotatable bonds is 5. The van der Waals surface area contributed by atoms with Crippen molar-refractivity contribution in [1.29, 1.82) is 0 Å². The molecular weight excluding hydrogens is 739 g/mol. The molecule has 0 bridgehead atoms. The minimum atomic E-state index is 0.592. The van der Waals surface area contributed by atoms with E-state index in [4.69, 9.17) is 29.3 Å². The Morgan fingerprint density at radius 2 is 0.895 bits per heavy atom. The number of nitrogens with zero attached hydrogens (tertiary/aromatic N) is 5. The quantitative estimate of drug-likeness (QED) is 0.174. The molecule has 0 saturated carbocycles. The largest absolute Gasteiger partial charge is 0.456 e. The minimum absolute atomic E-state index is 0.592. The maximum atomic E-state index is 6.29. The molecule has 0 aliphatic heterocycles. The van der Waals surface area contributed by atoms with Gasteiger partial charge in [-0.3, -0.25) is 0 Å². The van der Waals surface area contributed by atoms with Crippen molar-refractivity contribution in [3.63, 3.8) is 0 Å². The van der Waals surface area contributed by atoms with Gasteiger partial charge in [0.2, 0.25) is 0 Å². The fraction of sp³-hybridized carbons (Fsp3) is 0. The van der Waals surface area contributed by atoms with Crippen LogP contribution in [0.15, 0.2) is 168 Å². The molecule has 12 aromatic rings. The summed E-state index contributed by atoms with van der Waals surface area (Å²) in [5.74, 6) is 2.53. The van der Waals surface area contributed by atoms with Gasteiger partial charge in [-0.05, 0) is 24.3 Å². The smallest absolute Gasteiger partial charge is 0.164 e. The van der Waals surface area contributed by atoms with Gasteiger partial charge in [0, 0.05) is 68.8 Å². The second kappa shape index (κ2) is 12.7. The average Bonchev–Trinajstić information content (AvgIpc) is 3.98. The van der Waals surface area contributed by atoms with E-state index in [1.165, 1.54) is 4.70 Å². The lowest BCUT2D eigenvalue weighted by atomic mass is 10.0. The molecule has 0 aliphatic rings. The first-order valence-electron chi connectivity index (χ1n) is 18.7. The monoisotopic (exact) mass is 765 g/mol. The summed E-state index contributed by atoms with van der Waals surface area (Å²) in [6.07, 6.45) is 0. The normalized spacial score (nSPS) is 11.9. The zero-order valence-electron chi connectivity index (χ0n) is 30.0. The summed E-state index contributed by atoms with van der Waals surface area (Å²) >= 11 is 3.52. The Labute approximate surface area is 333 Å². The van der Waals surface area contributed by atoms with Crippen molar-refractivity contribution in [2.24, 2.45) is 0 Å².